The fourth-order valence-electron chi connectivity index (χ4n) is 3.76. The molecule has 0 spiro atoms. The largest absolute Gasteiger partial charge is 0.492 e. The Morgan fingerprint density at radius 2 is 1.86 bits per heavy atom. The first-order valence-electron chi connectivity index (χ1n) is 9.34. The molecular weight excluding hydrogens is 352 g/mol. The second kappa shape index (κ2) is 7.35. The highest BCUT2D eigenvalue weighted by atomic mass is 16.5. The van der Waals surface area contributed by atoms with E-state index in [1.165, 1.54) is 6.92 Å². The summed E-state index contributed by atoms with van der Waals surface area (Å²) in [6.07, 6.45) is 0. The molecule has 1 aliphatic heterocycles. The molecule has 1 N–H and O–H groups in total. The van der Waals surface area contributed by atoms with Gasteiger partial charge in [-0.05, 0) is 35.4 Å². The minimum atomic E-state index is -0.631. The minimum Gasteiger partial charge on any atom is -0.492 e. The average molecular weight is 374 g/mol. The summed E-state index contributed by atoms with van der Waals surface area (Å²) in [4.78, 5) is 26.2. The van der Waals surface area contributed by atoms with Crippen molar-refractivity contribution in [3.8, 4) is 5.75 Å². The fourth-order valence-corrected chi connectivity index (χ4v) is 3.76. The zero-order chi connectivity index (χ0) is 19.7. The van der Waals surface area contributed by atoms with E-state index in [0.717, 1.165) is 33.3 Å². The van der Waals surface area contributed by atoms with Gasteiger partial charge in [0.15, 0.2) is 0 Å². The van der Waals surface area contributed by atoms with E-state index in [1.54, 1.807) is 4.90 Å². The normalized spacial score (nSPS) is 15.6. The van der Waals surface area contributed by atoms with Crippen LogP contribution in [0.25, 0.3) is 10.8 Å². The van der Waals surface area contributed by atoms with Crippen LogP contribution in [0.2, 0.25) is 0 Å². The molecule has 2 amide bonds. The lowest BCUT2D eigenvalue weighted by Gasteiger charge is -2.20. The van der Waals surface area contributed by atoms with E-state index in [0.29, 0.717) is 13.2 Å². The van der Waals surface area contributed by atoms with Crippen molar-refractivity contribution in [3.63, 3.8) is 0 Å². The number of para-hydroxylation sites is 1. The molecule has 0 aromatic heterocycles. The van der Waals surface area contributed by atoms with Crippen molar-refractivity contribution in [1.29, 1.82) is 0 Å². The van der Waals surface area contributed by atoms with Crippen LogP contribution in [-0.2, 0) is 9.59 Å². The summed E-state index contributed by atoms with van der Waals surface area (Å²) in [6, 6.07) is 19.2. The third kappa shape index (κ3) is 3.31. The van der Waals surface area contributed by atoms with Gasteiger partial charge in [-0.15, -0.1) is 0 Å². The maximum Gasteiger partial charge on any atom is 0.254 e. The number of fused-ring (bicyclic) bond motifs is 2. The number of carbonyl (C=O) groups excluding carboxylic acids is 2. The number of carbonyl (C=O) groups is 2. The van der Waals surface area contributed by atoms with Crippen molar-refractivity contribution in [2.75, 3.05) is 18.1 Å². The maximum absolute atomic E-state index is 12.9. The Labute approximate surface area is 163 Å². The quantitative estimate of drug-likeness (QED) is 0.740. The summed E-state index contributed by atoms with van der Waals surface area (Å²) in [6.45, 7) is 4.18. The lowest BCUT2D eigenvalue weighted by Crippen LogP contribution is -2.38. The van der Waals surface area contributed by atoms with E-state index < -0.39 is 6.04 Å². The van der Waals surface area contributed by atoms with Crippen molar-refractivity contribution in [2.24, 2.45) is 0 Å². The van der Waals surface area contributed by atoms with Gasteiger partial charge >= 0.3 is 0 Å². The van der Waals surface area contributed by atoms with Crippen LogP contribution in [0.5, 0.6) is 5.75 Å². The Morgan fingerprint density at radius 1 is 1.07 bits per heavy atom. The molecule has 0 fully saturated rings. The van der Waals surface area contributed by atoms with Gasteiger partial charge in [0.05, 0.1) is 12.2 Å². The monoisotopic (exact) mass is 374 g/mol. The molecule has 1 unspecified atom stereocenters. The second-order valence-corrected chi connectivity index (χ2v) is 6.99. The van der Waals surface area contributed by atoms with Crippen LogP contribution in [0.4, 0.5) is 5.69 Å². The molecule has 0 radical (unpaired) electrons. The van der Waals surface area contributed by atoms with Crippen LogP contribution in [0.3, 0.4) is 0 Å². The second-order valence-electron chi connectivity index (χ2n) is 6.99. The van der Waals surface area contributed by atoms with Gasteiger partial charge in [-0.2, -0.15) is 0 Å². The number of hydrogen-bond acceptors (Lipinski definition) is 3. The first-order chi connectivity index (χ1) is 13.5. The van der Waals surface area contributed by atoms with Gasteiger partial charge in [0.2, 0.25) is 5.91 Å². The zero-order valence-corrected chi connectivity index (χ0v) is 15.9. The molecule has 1 heterocycles. The molecule has 1 atom stereocenters. The smallest absolute Gasteiger partial charge is 0.254 e. The van der Waals surface area contributed by atoms with Gasteiger partial charge in [-0.3, -0.25) is 9.59 Å². The highest BCUT2D eigenvalue weighted by molar-refractivity contribution is 6.06. The molecular formula is C23H22N2O3. The van der Waals surface area contributed by atoms with E-state index in [9.17, 15) is 9.59 Å². The Balaban J connectivity index is 1.51. The van der Waals surface area contributed by atoms with E-state index in [1.807, 2.05) is 61.5 Å². The molecule has 142 valence electrons. The van der Waals surface area contributed by atoms with Crippen LogP contribution < -0.4 is 15.0 Å². The minimum absolute atomic E-state index is 0.124. The van der Waals surface area contributed by atoms with E-state index in [4.69, 9.17) is 4.74 Å². The third-order valence-corrected chi connectivity index (χ3v) is 5.02. The number of nitrogens with one attached hydrogen (secondary N) is 1. The van der Waals surface area contributed by atoms with Crippen molar-refractivity contribution >= 4 is 28.3 Å². The predicted molar refractivity (Wildman–Crippen MR) is 110 cm³/mol. The summed E-state index contributed by atoms with van der Waals surface area (Å²) in [7, 11) is 0. The van der Waals surface area contributed by atoms with E-state index in [-0.39, 0.29) is 11.8 Å². The van der Waals surface area contributed by atoms with Crippen LogP contribution >= 0.6 is 0 Å². The number of benzene rings is 3. The number of rotatable bonds is 5. The predicted octanol–water partition coefficient (Wildman–Crippen LogP) is 3.75. The number of anilines is 1. The third-order valence-electron chi connectivity index (χ3n) is 5.02. The summed E-state index contributed by atoms with van der Waals surface area (Å²) in [5, 5.41) is 5.04. The van der Waals surface area contributed by atoms with Crippen molar-refractivity contribution < 1.29 is 14.3 Å². The Bertz CT molecular complexity index is 1060. The van der Waals surface area contributed by atoms with Gasteiger partial charge in [0.1, 0.15) is 18.4 Å². The maximum atomic E-state index is 12.9. The number of nitrogens with zero attached hydrogens (tertiary/aromatic N) is 1. The molecule has 0 bridgehead atoms. The van der Waals surface area contributed by atoms with Crippen LogP contribution in [-0.4, -0.2) is 25.0 Å². The summed E-state index contributed by atoms with van der Waals surface area (Å²) < 4.78 is 5.91. The Kier molecular flexibility index (Phi) is 4.74. The summed E-state index contributed by atoms with van der Waals surface area (Å²) in [5.74, 6) is 0.426. The van der Waals surface area contributed by atoms with Gasteiger partial charge in [-0.1, -0.05) is 48.5 Å². The van der Waals surface area contributed by atoms with Gasteiger partial charge in [0.25, 0.3) is 5.91 Å². The van der Waals surface area contributed by atoms with Crippen LogP contribution in [0.15, 0.2) is 60.7 Å². The van der Waals surface area contributed by atoms with Crippen molar-refractivity contribution in [1.82, 2.24) is 5.32 Å². The number of ether oxygens (including phenoxy) is 1. The fraction of sp³-hybridized carbons (Fsp3) is 0.217. The standard InChI is InChI=1S/C23H22N2O3/c1-15-6-5-9-20-21(24-16(2)26)23(27)25(22(15)20)12-13-28-19-11-10-17-7-3-4-8-18(17)14-19/h3-11,14,21H,12-13H2,1-2H3,(H,24,26). The highest BCUT2D eigenvalue weighted by Gasteiger charge is 2.38. The average Bonchev–Trinajstić information content (AvgIpc) is 2.94. The molecule has 0 saturated carbocycles. The topological polar surface area (TPSA) is 58.6 Å². The number of hydrogen-bond donors (Lipinski definition) is 1. The first kappa shape index (κ1) is 18.0. The zero-order valence-electron chi connectivity index (χ0n) is 15.9. The van der Waals surface area contributed by atoms with Crippen LogP contribution in [0.1, 0.15) is 24.1 Å². The van der Waals surface area contributed by atoms with Gasteiger partial charge < -0.3 is 15.0 Å². The lowest BCUT2D eigenvalue weighted by molar-refractivity contribution is -0.126. The molecule has 5 heteroatoms. The molecule has 3 aromatic carbocycles. The van der Waals surface area contributed by atoms with Crippen molar-refractivity contribution in [3.05, 3.63) is 71.8 Å². The molecule has 0 aliphatic carbocycles. The molecule has 5 nitrogen and oxygen atoms in total. The number of amides is 2. The number of aryl methyl sites for hydroxylation is 1. The molecule has 4 rings (SSSR count). The molecule has 0 saturated heterocycles. The van der Waals surface area contributed by atoms with E-state index >= 15 is 0 Å². The molecule has 3 aromatic rings. The molecule has 28 heavy (non-hydrogen) atoms. The summed E-state index contributed by atoms with van der Waals surface area (Å²) in [5.41, 5.74) is 2.71. The Morgan fingerprint density at radius 3 is 2.64 bits per heavy atom. The van der Waals surface area contributed by atoms with E-state index in [2.05, 4.69) is 11.4 Å². The highest BCUT2D eigenvalue weighted by Crippen LogP contribution is 2.38. The van der Waals surface area contributed by atoms with Gasteiger partial charge in [0, 0.05) is 12.5 Å². The molecule has 1 aliphatic rings. The van der Waals surface area contributed by atoms with Crippen LogP contribution in [0, 0.1) is 6.92 Å². The lowest BCUT2D eigenvalue weighted by atomic mass is 10.1. The SMILES string of the molecule is CC(=O)NC1C(=O)N(CCOc2ccc3ccccc3c2)c2c(C)cccc21. The Hall–Kier alpha value is -3.34. The summed E-state index contributed by atoms with van der Waals surface area (Å²) >= 11 is 0. The van der Waals surface area contributed by atoms with Gasteiger partial charge in [-0.25, -0.2) is 0 Å². The van der Waals surface area contributed by atoms with Crippen molar-refractivity contribution in [2.45, 2.75) is 19.9 Å². The first-order valence-corrected chi connectivity index (χ1v) is 9.34.